The molecule has 0 fully saturated rings. The highest BCUT2D eigenvalue weighted by Gasteiger charge is 2.30. The number of rotatable bonds is 69. The van der Waals surface area contributed by atoms with Gasteiger partial charge in [0.1, 0.15) is 19.3 Å². The van der Waals surface area contributed by atoms with Crippen LogP contribution in [0.3, 0.4) is 0 Å². The van der Waals surface area contributed by atoms with Crippen molar-refractivity contribution < 1.29 is 80.2 Å². The van der Waals surface area contributed by atoms with Gasteiger partial charge in [0.05, 0.1) is 26.4 Å². The van der Waals surface area contributed by atoms with Crippen molar-refractivity contribution in [2.75, 3.05) is 39.6 Å². The maximum atomic E-state index is 13.0. The number of hydrogen-bond acceptors (Lipinski definition) is 15. The van der Waals surface area contributed by atoms with Crippen LogP contribution in [0.1, 0.15) is 310 Å². The number of aliphatic hydroxyl groups excluding tert-OH is 1. The molecular weight excluding hydrogens is 1230 g/mol. The van der Waals surface area contributed by atoms with Gasteiger partial charge in [-0.15, -0.1) is 0 Å². The van der Waals surface area contributed by atoms with E-state index in [0.29, 0.717) is 32.1 Å². The first-order valence-corrected chi connectivity index (χ1v) is 39.8. The molecule has 0 aliphatic heterocycles. The molecule has 0 heterocycles. The van der Waals surface area contributed by atoms with Gasteiger partial charge in [-0.25, -0.2) is 9.13 Å². The molecule has 94 heavy (non-hydrogen) atoms. The zero-order valence-corrected chi connectivity index (χ0v) is 60.9. The zero-order valence-electron chi connectivity index (χ0n) is 59.1. The molecule has 0 bridgehead atoms. The van der Waals surface area contributed by atoms with Crippen molar-refractivity contribution in [1.82, 2.24) is 0 Å². The van der Waals surface area contributed by atoms with E-state index < -0.39 is 97.5 Å². The molecule has 0 saturated carbocycles. The summed E-state index contributed by atoms with van der Waals surface area (Å²) >= 11 is 0. The average Bonchev–Trinajstić information content (AvgIpc) is 1.32. The predicted octanol–water partition coefficient (Wildman–Crippen LogP) is 20.7. The first kappa shape index (κ1) is 90.2. The summed E-state index contributed by atoms with van der Waals surface area (Å²) in [5.41, 5.74) is 0. The number of carbonyl (C=O) groups excluding carboxylic acids is 4. The number of aliphatic hydroxyl groups is 1. The molecule has 5 unspecified atom stereocenters. The predicted molar refractivity (Wildman–Crippen MR) is 381 cm³/mol. The van der Waals surface area contributed by atoms with E-state index in [4.69, 9.17) is 37.0 Å². The fourth-order valence-corrected chi connectivity index (χ4v) is 11.3. The lowest BCUT2D eigenvalue weighted by Crippen LogP contribution is -2.30. The topological polar surface area (TPSA) is 237 Å². The lowest BCUT2D eigenvalue weighted by atomic mass is 10.1. The molecule has 17 nitrogen and oxygen atoms in total. The Morgan fingerprint density at radius 1 is 0.309 bits per heavy atom. The molecule has 544 valence electrons. The van der Waals surface area contributed by atoms with Crippen molar-refractivity contribution in [3.05, 3.63) is 85.1 Å². The normalized spacial score (nSPS) is 14.5. The number of allylic oxidation sites excluding steroid dienone is 14. The number of unbranched alkanes of at least 4 members (excludes halogenated alkanes) is 29. The van der Waals surface area contributed by atoms with E-state index in [0.717, 1.165) is 135 Å². The Morgan fingerprint density at radius 3 is 0.936 bits per heavy atom. The number of esters is 4. The second-order valence-electron chi connectivity index (χ2n) is 24.5. The lowest BCUT2D eigenvalue weighted by molar-refractivity contribution is -0.161. The standard InChI is InChI=1S/C75H132O17P2/c1-5-9-13-17-21-25-29-31-33-34-36-38-42-44-48-52-56-60-73(78)86-66-71(92-75(80)62-58-54-50-46-40-28-24-20-16-12-8-4)68-90-94(83,84)88-64-69(76)63-87-93(81,82)89-67-70(91-74(79)61-57-53-49-45-39-27-23-19-15-11-7-3)65-85-72(77)59-55-51-47-43-41-37-35-32-30-26-22-18-14-10-6-2/h9,13,20-21,24-25,31-33,35-36,38,44,48,69-71,76H,5-8,10-12,14-19,22-23,26-30,34,37,39-43,45-47,49-68H2,1-4H3,(H,81,82)(H,83,84)/b13-9-,24-20-,25-21-,33-31-,35-32-,38-36-,48-44-. The molecule has 5 atom stereocenters. The number of hydrogen-bond donors (Lipinski definition) is 3. The van der Waals surface area contributed by atoms with E-state index in [9.17, 15) is 43.2 Å². The molecule has 3 N–H and O–H groups in total. The van der Waals surface area contributed by atoms with Crippen LogP contribution in [0.25, 0.3) is 0 Å². The van der Waals surface area contributed by atoms with Gasteiger partial charge in [-0.3, -0.25) is 37.3 Å². The summed E-state index contributed by atoms with van der Waals surface area (Å²) < 4.78 is 68.2. The summed E-state index contributed by atoms with van der Waals surface area (Å²) in [5, 5.41) is 10.6. The van der Waals surface area contributed by atoms with Crippen LogP contribution in [0.15, 0.2) is 85.1 Å². The molecule has 0 amide bonds. The Bertz CT molecular complexity index is 2120. The van der Waals surface area contributed by atoms with Crippen molar-refractivity contribution in [3.63, 3.8) is 0 Å². The molecule has 0 aromatic carbocycles. The van der Waals surface area contributed by atoms with Crippen molar-refractivity contribution in [2.45, 2.75) is 329 Å². The van der Waals surface area contributed by atoms with Gasteiger partial charge in [0.2, 0.25) is 0 Å². The molecule has 0 saturated heterocycles. The van der Waals surface area contributed by atoms with Gasteiger partial charge in [-0.05, 0) is 109 Å². The maximum absolute atomic E-state index is 13.0. The van der Waals surface area contributed by atoms with Crippen LogP contribution < -0.4 is 0 Å². The highest BCUT2D eigenvalue weighted by molar-refractivity contribution is 7.47. The molecule has 19 heteroatoms. The van der Waals surface area contributed by atoms with E-state index in [1.54, 1.807) is 0 Å². The quantitative estimate of drug-likeness (QED) is 0.0169. The van der Waals surface area contributed by atoms with Crippen LogP contribution >= 0.6 is 15.6 Å². The van der Waals surface area contributed by atoms with Crippen LogP contribution in [0.4, 0.5) is 0 Å². The summed E-state index contributed by atoms with van der Waals surface area (Å²) in [6.45, 7) is 4.63. The number of phosphoric acid groups is 2. The van der Waals surface area contributed by atoms with E-state index in [1.807, 2.05) is 12.2 Å². The molecule has 0 radical (unpaired) electrons. The third-order valence-corrected chi connectivity index (χ3v) is 17.2. The lowest BCUT2D eigenvalue weighted by Gasteiger charge is -2.21. The smallest absolute Gasteiger partial charge is 0.462 e. The van der Waals surface area contributed by atoms with Crippen molar-refractivity contribution >= 4 is 39.5 Å². The largest absolute Gasteiger partial charge is 0.472 e. The monoisotopic (exact) mass is 1370 g/mol. The van der Waals surface area contributed by atoms with E-state index in [1.165, 1.54) is 89.9 Å². The Kier molecular flexibility index (Phi) is 65.1. The van der Waals surface area contributed by atoms with Crippen molar-refractivity contribution in [1.29, 1.82) is 0 Å². The summed E-state index contributed by atoms with van der Waals surface area (Å²) in [7, 11) is -9.95. The van der Waals surface area contributed by atoms with Crippen LogP contribution in [0.5, 0.6) is 0 Å². The second-order valence-corrected chi connectivity index (χ2v) is 27.4. The van der Waals surface area contributed by atoms with Gasteiger partial charge < -0.3 is 33.8 Å². The Morgan fingerprint density at radius 2 is 0.574 bits per heavy atom. The Hall–Kier alpha value is -3.76. The SMILES string of the molecule is CC/C=C\C/C=C\C/C=C\C/C=C\C/C=C\CCCC(=O)OCC(COP(=O)(O)OCC(O)COP(=O)(O)OCC(COC(=O)CCCCCCC/C=C\CCCCCCCC)OC(=O)CCCCCCCCCCCCC)OC(=O)CCCCCCC/C=C\CCCC. The van der Waals surface area contributed by atoms with Gasteiger partial charge in [-0.2, -0.15) is 0 Å². The number of carbonyl (C=O) groups is 4. The minimum absolute atomic E-state index is 0.0729. The molecule has 0 aromatic rings. The van der Waals surface area contributed by atoms with Gasteiger partial charge >= 0.3 is 39.5 Å². The van der Waals surface area contributed by atoms with Crippen LogP contribution in [-0.4, -0.2) is 96.7 Å². The average molecular weight is 1370 g/mol. The minimum atomic E-state index is -4.98. The minimum Gasteiger partial charge on any atom is -0.462 e. The van der Waals surface area contributed by atoms with Crippen LogP contribution in [-0.2, 0) is 65.4 Å². The third kappa shape index (κ3) is 66.8. The molecule has 0 spiro atoms. The Labute approximate surface area is 570 Å². The van der Waals surface area contributed by atoms with E-state index in [2.05, 4.69) is 101 Å². The molecule has 0 aliphatic rings. The molecule has 0 aliphatic carbocycles. The maximum Gasteiger partial charge on any atom is 0.472 e. The van der Waals surface area contributed by atoms with Gasteiger partial charge in [-0.1, -0.05) is 260 Å². The van der Waals surface area contributed by atoms with Crippen LogP contribution in [0.2, 0.25) is 0 Å². The molecule has 0 aromatic heterocycles. The van der Waals surface area contributed by atoms with Gasteiger partial charge in [0.15, 0.2) is 12.2 Å². The fraction of sp³-hybridized carbons (Fsp3) is 0.760. The molecular formula is C75H132O17P2. The van der Waals surface area contributed by atoms with E-state index >= 15 is 0 Å². The summed E-state index contributed by atoms with van der Waals surface area (Å²) in [6, 6.07) is 0. The summed E-state index contributed by atoms with van der Waals surface area (Å²) in [6.07, 6.45) is 67.4. The van der Waals surface area contributed by atoms with E-state index in [-0.39, 0.29) is 25.7 Å². The highest BCUT2D eigenvalue weighted by Crippen LogP contribution is 2.45. The fourth-order valence-electron chi connectivity index (χ4n) is 9.70. The highest BCUT2D eigenvalue weighted by atomic mass is 31.2. The van der Waals surface area contributed by atoms with Crippen molar-refractivity contribution in [2.24, 2.45) is 0 Å². The first-order valence-electron chi connectivity index (χ1n) is 36.8. The third-order valence-electron chi connectivity index (χ3n) is 15.3. The molecule has 0 rings (SSSR count). The van der Waals surface area contributed by atoms with Gasteiger partial charge in [0.25, 0.3) is 0 Å². The Balaban J connectivity index is 5.33. The number of phosphoric ester groups is 2. The first-order chi connectivity index (χ1) is 45.7. The summed E-state index contributed by atoms with van der Waals surface area (Å²) in [5.74, 6) is -2.25. The second kappa shape index (κ2) is 67.8. The van der Waals surface area contributed by atoms with Crippen molar-refractivity contribution in [3.8, 4) is 0 Å². The zero-order chi connectivity index (χ0) is 69.0. The van der Waals surface area contributed by atoms with Crippen LogP contribution in [0, 0.1) is 0 Å². The van der Waals surface area contributed by atoms with Gasteiger partial charge in [0, 0.05) is 25.7 Å². The number of ether oxygens (including phenoxy) is 4. The summed E-state index contributed by atoms with van der Waals surface area (Å²) in [4.78, 5) is 72.6.